The Kier molecular flexibility index (Phi) is 5.72. The molecule has 0 saturated carbocycles. The number of nitrogens with one attached hydrogen (secondary N) is 1. The Bertz CT molecular complexity index is 1210. The molecule has 0 aliphatic carbocycles. The lowest BCUT2D eigenvalue weighted by Gasteiger charge is -2.18. The van der Waals surface area contributed by atoms with E-state index in [1.165, 1.54) is 19.2 Å². The summed E-state index contributed by atoms with van der Waals surface area (Å²) in [5, 5.41) is 3.42. The van der Waals surface area contributed by atoms with E-state index in [1.807, 2.05) is 60.7 Å². The maximum atomic E-state index is 14.5. The molecular weight excluding hydrogens is 385 g/mol. The van der Waals surface area contributed by atoms with Crippen LogP contribution in [0.4, 0.5) is 15.9 Å². The fourth-order valence-electron chi connectivity index (χ4n) is 3.12. The van der Waals surface area contributed by atoms with Crippen LogP contribution in [-0.2, 0) is 4.74 Å². The van der Waals surface area contributed by atoms with Crippen molar-refractivity contribution in [2.75, 3.05) is 25.6 Å². The number of nitrogens with zero attached hydrogens (tertiary/aromatic N) is 2. The third-order valence-electron chi connectivity index (χ3n) is 4.50. The van der Waals surface area contributed by atoms with Crippen LogP contribution in [0, 0.1) is 5.82 Å². The Balaban J connectivity index is 1.94. The van der Waals surface area contributed by atoms with E-state index in [9.17, 15) is 9.18 Å². The molecule has 0 unspecified atom stereocenters. The number of fused-ring (bicyclic) bond motifs is 1. The highest BCUT2D eigenvalue weighted by atomic mass is 19.1. The second-order valence-electron chi connectivity index (χ2n) is 6.54. The van der Waals surface area contributed by atoms with E-state index in [1.54, 1.807) is 4.57 Å². The minimum atomic E-state index is -0.695. The third-order valence-corrected chi connectivity index (χ3v) is 4.50. The Hall–Kier alpha value is -3.71. The molecule has 0 amide bonds. The van der Waals surface area contributed by atoms with Gasteiger partial charge in [0.15, 0.2) is 16.9 Å². The van der Waals surface area contributed by atoms with Crippen molar-refractivity contribution in [2.24, 2.45) is 0 Å². The Morgan fingerprint density at radius 2 is 1.70 bits per heavy atom. The van der Waals surface area contributed by atoms with Gasteiger partial charge < -0.3 is 14.8 Å². The highest BCUT2D eigenvalue weighted by Crippen LogP contribution is 2.27. The number of pyridine rings is 2. The fourth-order valence-corrected chi connectivity index (χ4v) is 3.12. The smallest absolute Gasteiger partial charge is 0.252 e. The summed E-state index contributed by atoms with van der Waals surface area (Å²) in [6.45, 7) is 0.434. The van der Waals surface area contributed by atoms with Crippen LogP contribution in [0.5, 0.6) is 5.88 Å². The molecule has 0 saturated heterocycles. The molecule has 1 N–H and O–H groups in total. The van der Waals surface area contributed by atoms with Gasteiger partial charge in [-0.05, 0) is 30.3 Å². The number of anilines is 2. The molecule has 4 aromatic rings. The zero-order chi connectivity index (χ0) is 20.9. The van der Waals surface area contributed by atoms with E-state index in [-0.39, 0.29) is 23.3 Å². The van der Waals surface area contributed by atoms with Crippen molar-refractivity contribution in [3.05, 3.63) is 88.8 Å². The zero-order valence-electron chi connectivity index (χ0n) is 16.3. The number of ether oxygens (including phenoxy) is 2. The number of hydrogen-bond donors (Lipinski definition) is 1. The van der Waals surface area contributed by atoms with Crippen LogP contribution in [-0.4, -0.2) is 29.9 Å². The fraction of sp³-hybridized carbons (Fsp3) is 0.130. The normalized spacial score (nSPS) is 10.9. The number of para-hydroxylation sites is 2. The van der Waals surface area contributed by atoms with Crippen LogP contribution in [0.3, 0.4) is 0 Å². The van der Waals surface area contributed by atoms with Gasteiger partial charge in [0.25, 0.3) is 5.88 Å². The molecule has 0 aliphatic heterocycles. The SMILES string of the molecule is COCCOc1nc2c(cc1F)c(=O)cc(Nc1ccccc1)n2-c1ccccc1. The molecule has 2 aromatic carbocycles. The monoisotopic (exact) mass is 405 g/mol. The lowest BCUT2D eigenvalue weighted by Crippen LogP contribution is -2.15. The second-order valence-corrected chi connectivity index (χ2v) is 6.54. The van der Waals surface area contributed by atoms with Crippen LogP contribution in [0.1, 0.15) is 0 Å². The highest BCUT2D eigenvalue weighted by Gasteiger charge is 2.17. The second kappa shape index (κ2) is 8.75. The van der Waals surface area contributed by atoms with Gasteiger partial charge in [-0.2, -0.15) is 4.98 Å². The number of hydrogen-bond acceptors (Lipinski definition) is 5. The van der Waals surface area contributed by atoms with Gasteiger partial charge in [-0.3, -0.25) is 9.36 Å². The van der Waals surface area contributed by atoms with Crippen molar-refractivity contribution in [1.82, 2.24) is 9.55 Å². The molecule has 7 heteroatoms. The molecule has 0 fully saturated rings. The van der Waals surface area contributed by atoms with Gasteiger partial charge in [0.2, 0.25) is 0 Å². The summed E-state index contributed by atoms with van der Waals surface area (Å²) in [7, 11) is 1.53. The summed E-state index contributed by atoms with van der Waals surface area (Å²) in [5.41, 5.74) is 1.52. The predicted octanol–water partition coefficient (Wildman–Crippen LogP) is 4.29. The molecule has 0 bridgehead atoms. The molecule has 152 valence electrons. The van der Waals surface area contributed by atoms with Gasteiger partial charge in [-0.15, -0.1) is 0 Å². The number of halogens is 1. The molecule has 4 rings (SSSR count). The molecule has 30 heavy (non-hydrogen) atoms. The van der Waals surface area contributed by atoms with Crippen molar-refractivity contribution in [1.29, 1.82) is 0 Å². The molecule has 0 atom stereocenters. The minimum absolute atomic E-state index is 0.142. The van der Waals surface area contributed by atoms with Gasteiger partial charge in [0, 0.05) is 24.6 Å². The van der Waals surface area contributed by atoms with E-state index in [0.29, 0.717) is 18.1 Å². The third kappa shape index (κ3) is 4.01. The average molecular weight is 405 g/mol. The van der Waals surface area contributed by atoms with Crippen LogP contribution in [0.2, 0.25) is 0 Å². The first-order valence-electron chi connectivity index (χ1n) is 9.43. The van der Waals surface area contributed by atoms with Crippen molar-refractivity contribution >= 4 is 22.5 Å². The molecule has 0 radical (unpaired) electrons. The molecular formula is C23H20FN3O3. The molecule has 2 aromatic heterocycles. The van der Waals surface area contributed by atoms with Gasteiger partial charge in [-0.1, -0.05) is 36.4 Å². The maximum absolute atomic E-state index is 14.5. The van der Waals surface area contributed by atoms with Gasteiger partial charge >= 0.3 is 0 Å². The lowest BCUT2D eigenvalue weighted by molar-refractivity contribution is 0.141. The van der Waals surface area contributed by atoms with E-state index in [2.05, 4.69) is 10.3 Å². The Morgan fingerprint density at radius 3 is 2.40 bits per heavy atom. The first-order chi connectivity index (χ1) is 14.7. The molecule has 0 spiro atoms. The Morgan fingerprint density at radius 1 is 1.00 bits per heavy atom. The average Bonchev–Trinajstić information content (AvgIpc) is 2.76. The molecule has 6 nitrogen and oxygen atoms in total. The molecule has 0 aliphatic rings. The Labute approximate surface area is 172 Å². The van der Waals surface area contributed by atoms with Gasteiger partial charge in [0.05, 0.1) is 12.0 Å². The van der Waals surface area contributed by atoms with E-state index < -0.39 is 5.82 Å². The van der Waals surface area contributed by atoms with Crippen LogP contribution in [0.15, 0.2) is 77.6 Å². The van der Waals surface area contributed by atoms with Crippen LogP contribution < -0.4 is 15.5 Å². The first-order valence-corrected chi connectivity index (χ1v) is 9.43. The van der Waals surface area contributed by atoms with E-state index in [4.69, 9.17) is 9.47 Å². The minimum Gasteiger partial charge on any atom is -0.473 e. The topological polar surface area (TPSA) is 65.4 Å². The van der Waals surface area contributed by atoms with Crippen molar-refractivity contribution in [3.8, 4) is 11.6 Å². The summed E-state index contributed by atoms with van der Waals surface area (Å²) >= 11 is 0. The highest BCUT2D eigenvalue weighted by molar-refractivity contribution is 5.81. The summed E-state index contributed by atoms with van der Waals surface area (Å²) in [6.07, 6.45) is 0. The first kappa shape index (κ1) is 19.6. The maximum Gasteiger partial charge on any atom is 0.252 e. The van der Waals surface area contributed by atoms with Crippen molar-refractivity contribution in [3.63, 3.8) is 0 Å². The zero-order valence-corrected chi connectivity index (χ0v) is 16.3. The number of rotatable bonds is 7. The quantitative estimate of drug-likeness (QED) is 0.465. The summed E-state index contributed by atoms with van der Waals surface area (Å²) in [5.74, 6) is -0.369. The lowest BCUT2D eigenvalue weighted by atomic mass is 10.2. The van der Waals surface area contributed by atoms with Gasteiger partial charge in [0.1, 0.15) is 12.4 Å². The van der Waals surface area contributed by atoms with Gasteiger partial charge in [-0.25, -0.2) is 4.39 Å². The summed E-state index contributed by atoms with van der Waals surface area (Å²) < 4.78 is 26.7. The summed E-state index contributed by atoms with van der Waals surface area (Å²) in [4.78, 5) is 17.1. The van der Waals surface area contributed by atoms with E-state index >= 15 is 0 Å². The van der Waals surface area contributed by atoms with E-state index in [0.717, 1.165) is 11.4 Å². The number of methoxy groups -OCH3 is 1. The summed E-state index contributed by atoms with van der Waals surface area (Å²) in [6, 6.07) is 21.5. The largest absolute Gasteiger partial charge is 0.473 e. The standard InChI is InChI=1S/C23H20FN3O3/c1-29-12-13-30-23-19(24)14-18-20(28)15-21(25-16-8-4-2-5-9-16)27(22(18)26-23)17-10-6-3-7-11-17/h2-11,14-15,25H,12-13H2,1H3. The predicted molar refractivity (Wildman–Crippen MR) is 114 cm³/mol. The van der Waals surface area contributed by atoms with Crippen LogP contribution >= 0.6 is 0 Å². The molecule has 2 heterocycles. The number of benzene rings is 2. The van der Waals surface area contributed by atoms with Crippen LogP contribution in [0.25, 0.3) is 16.7 Å². The van der Waals surface area contributed by atoms with Crippen molar-refractivity contribution < 1.29 is 13.9 Å². The van der Waals surface area contributed by atoms with Crippen molar-refractivity contribution in [2.45, 2.75) is 0 Å². The number of aromatic nitrogens is 2.